The zero-order valence-electron chi connectivity index (χ0n) is 18.7. The highest BCUT2D eigenvalue weighted by molar-refractivity contribution is 9.10. The number of carbonyl (C=O) groups is 2. The lowest BCUT2D eigenvalue weighted by Gasteiger charge is -2.36. The van der Waals surface area contributed by atoms with Crippen LogP contribution >= 0.6 is 15.9 Å². The van der Waals surface area contributed by atoms with Gasteiger partial charge in [-0.1, -0.05) is 30.3 Å². The molecule has 8 nitrogen and oxygen atoms in total. The zero-order valence-corrected chi connectivity index (χ0v) is 20.3. The molecule has 3 rings (SSSR count). The highest BCUT2D eigenvalue weighted by Gasteiger charge is 2.32. The van der Waals surface area contributed by atoms with Crippen molar-refractivity contribution >= 4 is 34.0 Å². The van der Waals surface area contributed by atoms with Crippen molar-refractivity contribution in [3.63, 3.8) is 0 Å². The Morgan fingerprint density at radius 1 is 1.09 bits per heavy atom. The molecule has 0 radical (unpaired) electrons. The molecule has 0 bridgehead atoms. The quantitative estimate of drug-likeness (QED) is 0.611. The summed E-state index contributed by atoms with van der Waals surface area (Å²) in [4.78, 5) is 35.6. The Morgan fingerprint density at radius 2 is 1.72 bits per heavy atom. The predicted molar refractivity (Wildman–Crippen MR) is 126 cm³/mol. The maximum Gasteiger partial charge on any atom is 0.407 e. The van der Waals surface area contributed by atoms with Crippen LogP contribution in [0.3, 0.4) is 0 Å². The molecule has 9 heteroatoms. The van der Waals surface area contributed by atoms with E-state index in [-0.39, 0.29) is 18.1 Å². The van der Waals surface area contributed by atoms with Crippen molar-refractivity contribution in [1.29, 1.82) is 0 Å². The molecule has 0 spiro atoms. The van der Waals surface area contributed by atoms with Gasteiger partial charge in [-0.15, -0.1) is 0 Å². The minimum Gasteiger partial charge on any atom is -0.444 e. The molecule has 2 aromatic rings. The zero-order chi connectivity index (χ0) is 23.1. The highest BCUT2D eigenvalue weighted by Crippen LogP contribution is 2.27. The summed E-state index contributed by atoms with van der Waals surface area (Å²) in [5.74, 6) is 0.363. The lowest BCUT2D eigenvalue weighted by Crippen LogP contribution is -2.50. The third kappa shape index (κ3) is 7.19. The molecule has 1 fully saturated rings. The number of benzene rings is 1. The van der Waals surface area contributed by atoms with Crippen LogP contribution in [0.25, 0.3) is 0 Å². The average Bonchev–Trinajstić information content (AvgIpc) is 2.74. The molecule has 1 aliphatic carbocycles. The molecule has 0 saturated heterocycles. The van der Waals surface area contributed by atoms with Crippen LogP contribution in [0.5, 0.6) is 0 Å². The Labute approximate surface area is 197 Å². The van der Waals surface area contributed by atoms with Gasteiger partial charge in [0.25, 0.3) is 0 Å². The third-order valence-electron chi connectivity index (χ3n) is 5.11. The number of urea groups is 1. The second kappa shape index (κ2) is 10.8. The number of amides is 3. The minimum atomic E-state index is -0.534. The molecular weight excluding hydrogens is 474 g/mol. The lowest BCUT2D eigenvalue weighted by atomic mass is 9.90. The van der Waals surface area contributed by atoms with E-state index in [1.54, 1.807) is 17.3 Å². The lowest BCUT2D eigenvalue weighted by molar-refractivity contribution is 0.0491. The van der Waals surface area contributed by atoms with E-state index in [0.717, 1.165) is 35.7 Å². The number of anilines is 1. The first-order chi connectivity index (χ1) is 15.2. The monoisotopic (exact) mass is 503 g/mol. The van der Waals surface area contributed by atoms with Gasteiger partial charge < -0.3 is 15.4 Å². The Kier molecular flexibility index (Phi) is 8.06. The Bertz CT molecular complexity index is 894. The third-order valence-corrected chi connectivity index (χ3v) is 5.52. The first-order valence-corrected chi connectivity index (χ1v) is 11.6. The molecule has 1 aliphatic rings. The highest BCUT2D eigenvalue weighted by atomic mass is 79.9. The number of alkyl carbamates (subject to hydrolysis) is 1. The fourth-order valence-electron chi connectivity index (χ4n) is 3.66. The molecule has 1 aromatic heterocycles. The second-order valence-electron chi connectivity index (χ2n) is 8.87. The number of nitrogens with zero attached hydrogens (tertiary/aromatic N) is 3. The SMILES string of the molecule is CC(C)(C)OC(=O)NC1CCC(N(C(=O)NCc2ccccc2)c2ncc(Br)cn2)CC1. The number of carbonyl (C=O) groups excluding carboxylic acids is 2. The molecule has 172 valence electrons. The fraction of sp³-hybridized carbons (Fsp3) is 0.478. The van der Waals surface area contributed by atoms with Crippen molar-refractivity contribution in [2.75, 3.05) is 4.90 Å². The maximum absolute atomic E-state index is 13.2. The number of halogens is 1. The summed E-state index contributed by atoms with van der Waals surface area (Å²) >= 11 is 3.34. The van der Waals surface area contributed by atoms with E-state index in [4.69, 9.17) is 4.74 Å². The number of ether oxygens (including phenoxy) is 1. The van der Waals surface area contributed by atoms with Crippen LogP contribution in [-0.4, -0.2) is 39.8 Å². The van der Waals surface area contributed by atoms with Crippen LogP contribution in [0.1, 0.15) is 52.0 Å². The first kappa shape index (κ1) is 24.0. The summed E-state index contributed by atoms with van der Waals surface area (Å²) in [5, 5.41) is 5.92. The van der Waals surface area contributed by atoms with Crippen LogP contribution < -0.4 is 15.5 Å². The summed E-state index contributed by atoms with van der Waals surface area (Å²) in [5.41, 5.74) is 0.483. The van der Waals surface area contributed by atoms with Gasteiger partial charge in [-0.25, -0.2) is 19.6 Å². The summed E-state index contributed by atoms with van der Waals surface area (Å²) < 4.78 is 6.10. The van der Waals surface area contributed by atoms with Crippen molar-refractivity contribution in [1.82, 2.24) is 20.6 Å². The van der Waals surface area contributed by atoms with E-state index in [1.165, 1.54) is 0 Å². The molecule has 3 amide bonds. The Morgan fingerprint density at radius 3 is 2.31 bits per heavy atom. The number of hydrogen-bond donors (Lipinski definition) is 2. The summed E-state index contributed by atoms with van der Waals surface area (Å²) in [6.45, 7) is 5.94. The van der Waals surface area contributed by atoms with Gasteiger partial charge in [0.1, 0.15) is 5.60 Å². The minimum absolute atomic E-state index is 0.0150. The van der Waals surface area contributed by atoms with Gasteiger partial charge in [-0.2, -0.15) is 0 Å². The number of nitrogens with one attached hydrogen (secondary N) is 2. The molecule has 32 heavy (non-hydrogen) atoms. The van der Waals surface area contributed by atoms with Crippen LogP contribution in [0, 0.1) is 0 Å². The molecule has 0 unspecified atom stereocenters. The smallest absolute Gasteiger partial charge is 0.407 e. The van der Waals surface area contributed by atoms with E-state index in [0.29, 0.717) is 12.5 Å². The fourth-order valence-corrected chi connectivity index (χ4v) is 3.87. The van der Waals surface area contributed by atoms with E-state index >= 15 is 0 Å². The standard InChI is InChI=1S/C23H30BrN5O3/c1-23(2,3)32-22(31)28-18-9-11-19(12-10-18)29(20-25-14-17(24)15-26-20)21(30)27-13-16-7-5-4-6-8-16/h4-8,14-15,18-19H,9-13H2,1-3H3,(H,27,30)(H,28,31). The van der Waals surface area contributed by atoms with Gasteiger partial charge in [0.05, 0.1) is 4.47 Å². The van der Waals surface area contributed by atoms with E-state index < -0.39 is 11.7 Å². The topological polar surface area (TPSA) is 96.5 Å². The molecule has 0 atom stereocenters. The van der Waals surface area contributed by atoms with Gasteiger partial charge in [-0.05, 0) is 67.9 Å². The first-order valence-electron chi connectivity index (χ1n) is 10.8. The maximum atomic E-state index is 13.2. The van der Waals surface area contributed by atoms with Crippen LogP contribution in [0.2, 0.25) is 0 Å². The van der Waals surface area contributed by atoms with E-state index in [1.807, 2.05) is 51.1 Å². The van der Waals surface area contributed by atoms with Gasteiger partial charge in [0.15, 0.2) is 0 Å². The molecule has 2 N–H and O–H groups in total. The van der Waals surface area contributed by atoms with Crippen LogP contribution in [-0.2, 0) is 11.3 Å². The molecular formula is C23H30BrN5O3. The van der Waals surface area contributed by atoms with Gasteiger partial charge >= 0.3 is 12.1 Å². The van der Waals surface area contributed by atoms with E-state index in [9.17, 15) is 9.59 Å². The number of rotatable bonds is 5. The largest absolute Gasteiger partial charge is 0.444 e. The molecule has 1 aromatic carbocycles. The second-order valence-corrected chi connectivity index (χ2v) is 9.78. The van der Waals surface area contributed by atoms with E-state index in [2.05, 4.69) is 36.5 Å². The summed E-state index contributed by atoms with van der Waals surface area (Å²) in [7, 11) is 0. The normalized spacial score (nSPS) is 18.5. The van der Waals surface area contributed by atoms with Crippen LogP contribution in [0.15, 0.2) is 47.2 Å². The van der Waals surface area contributed by atoms with Crippen molar-refractivity contribution in [3.05, 3.63) is 52.8 Å². The molecule has 1 saturated carbocycles. The van der Waals surface area contributed by atoms with Gasteiger partial charge in [-0.3, -0.25) is 4.90 Å². The van der Waals surface area contributed by atoms with Crippen molar-refractivity contribution in [2.24, 2.45) is 0 Å². The summed E-state index contributed by atoms with van der Waals surface area (Å²) in [6, 6.07) is 9.47. The van der Waals surface area contributed by atoms with Crippen LogP contribution in [0.4, 0.5) is 15.5 Å². The van der Waals surface area contributed by atoms with Crippen molar-refractivity contribution < 1.29 is 14.3 Å². The average molecular weight is 504 g/mol. The number of aromatic nitrogens is 2. The predicted octanol–water partition coefficient (Wildman–Crippen LogP) is 4.79. The molecule has 1 heterocycles. The van der Waals surface area contributed by atoms with Crippen molar-refractivity contribution in [3.8, 4) is 0 Å². The summed E-state index contributed by atoms with van der Waals surface area (Å²) in [6.07, 6.45) is 5.78. The van der Waals surface area contributed by atoms with Gasteiger partial charge in [0.2, 0.25) is 5.95 Å². The Hall–Kier alpha value is -2.68. The molecule has 0 aliphatic heterocycles. The number of hydrogen-bond acceptors (Lipinski definition) is 5. The van der Waals surface area contributed by atoms with Gasteiger partial charge in [0, 0.05) is 31.0 Å². The van der Waals surface area contributed by atoms with Crippen molar-refractivity contribution in [2.45, 2.75) is 70.7 Å². The Balaban J connectivity index is 1.64.